The molecule has 0 aliphatic rings. The molecular weight excluding hydrogens is 242 g/mol. The number of hydrogen-bond acceptors (Lipinski definition) is 3. The molecule has 0 aliphatic carbocycles. The Labute approximate surface area is 113 Å². The predicted octanol–water partition coefficient (Wildman–Crippen LogP) is 2.66. The van der Waals surface area contributed by atoms with E-state index >= 15 is 0 Å². The zero-order valence-electron chi connectivity index (χ0n) is 10.5. The van der Waals surface area contributed by atoms with Crippen LogP contribution in [0.5, 0.6) is 0 Å². The zero-order chi connectivity index (χ0) is 12.5. The molecule has 3 nitrogen and oxygen atoms in total. The van der Waals surface area contributed by atoms with Gasteiger partial charge in [0.15, 0.2) is 0 Å². The van der Waals surface area contributed by atoms with E-state index in [0.29, 0.717) is 0 Å². The highest BCUT2D eigenvalue weighted by atomic mass is 32.2. The van der Waals surface area contributed by atoms with Crippen LogP contribution in [-0.2, 0) is 6.54 Å². The van der Waals surface area contributed by atoms with Crippen LogP contribution in [0, 0.1) is 0 Å². The molecule has 0 spiro atoms. The molecule has 0 bridgehead atoms. The van der Waals surface area contributed by atoms with E-state index in [1.54, 1.807) is 0 Å². The van der Waals surface area contributed by atoms with Crippen LogP contribution in [0.2, 0.25) is 0 Å². The minimum Gasteiger partial charge on any atom is -0.316 e. The molecule has 0 saturated carbocycles. The van der Waals surface area contributed by atoms with E-state index in [0.717, 1.165) is 31.8 Å². The summed E-state index contributed by atoms with van der Waals surface area (Å²) in [4.78, 5) is 1.34. The molecule has 2 rings (SSSR count). The van der Waals surface area contributed by atoms with Gasteiger partial charge in [0.1, 0.15) is 0 Å². The predicted molar refractivity (Wildman–Crippen MR) is 76.9 cm³/mol. The Morgan fingerprint density at radius 3 is 2.78 bits per heavy atom. The molecule has 18 heavy (non-hydrogen) atoms. The van der Waals surface area contributed by atoms with E-state index in [4.69, 9.17) is 0 Å². The van der Waals surface area contributed by atoms with Gasteiger partial charge in [-0.15, -0.1) is 11.8 Å². The minimum atomic E-state index is 0.992. The minimum absolute atomic E-state index is 0.992. The number of benzene rings is 1. The van der Waals surface area contributed by atoms with E-state index in [1.807, 2.05) is 34.9 Å². The second-order valence-corrected chi connectivity index (χ2v) is 5.20. The molecular formula is C14H19N3S. The maximum Gasteiger partial charge on any atom is 0.0489 e. The molecule has 1 aromatic heterocycles. The summed E-state index contributed by atoms with van der Waals surface area (Å²) in [5, 5.41) is 7.63. The van der Waals surface area contributed by atoms with Gasteiger partial charge in [0.05, 0.1) is 0 Å². The fourth-order valence-electron chi connectivity index (χ4n) is 1.68. The number of aromatic nitrogens is 2. The second kappa shape index (κ2) is 7.95. The average molecular weight is 261 g/mol. The van der Waals surface area contributed by atoms with Crippen molar-refractivity contribution in [3.8, 4) is 0 Å². The second-order valence-electron chi connectivity index (χ2n) is 4.03. The van der Waals surface area contributed by atoms with Crippen LogP contribution >= 0.6 is 11.8 Å². The van der Waals surface area contributed by atoms with Gasteiger partial charge in [0.25, 0.3) is 0 Å². The van der Waals surface area contributed by atoms with Crippen molar-refractivity contribution in [1.82, 2.24) is 15.1 Å². The first kappa shape index (κ1) is 13.2. The molecule has 1 aromatic carbocycles. The van der Waals surface area contributed by atoms with Gasteiger partial charge in [-0.2, -0.15) is 5.10 Å². The summed E-state index contributed by atoms with van der Waals surface area (Å²) in [5.74, 6) is 1.12. The molecule has 96 valence electrons. The van der Waals surface area contributed by atoms with Gasteiger partial charge in [-0.1, -0.05) is 18.2 Å². The number of nitrogens with zero attached hydrogens (tertiary/aromatic N) is 2. The first-order valence-corrected chi connectivity index (χ1v) is 7.30. The molecule has 0 saturated heterocycles. The largest absolute Gasteiger partial charge is 0.316 e. The van der Waals surface area contributed by atoms with E-state index < -0.39 is 0 Å². The van der Waals surface area contributed by atoms with Crippen molar-refractivity contribution in [2.45, 2.75) is 17.9 Å². The Bertz CT molecular complexity index is 414. The first-order valence-electron chi connectivity index (χ1n) is 6.31. The third kappa shape index (κ3) is 4.94. The van der Waals surface area contributed by atoms with Gasteiger partial charge >= 0.3 is 0 Å². The maximum atomic E-state index is 4.17. The summed E-state index contributed by atoms with van der Waals surface area (Å²) in [7, 11) is 0. The van der Waals surface area contributed by atoms with Gasteiger partial charge in [0.2, 0.25) is 0 Å². The average Bonchev–Trinajstić information content (AvgIpc) is 2.92. The Morgan fingerprint density at radius 2 is 2.00 bits per heavy atom. The lowest BCUT2D eigenvalue weighted by Crippen LogP contribution is -2.19. The molecule has 4 heteroatoms. The Morgan fingerprint density at radius 1 is 1.11 bits per heavy atom. The van der Waals surface area contributed by atoms with Crippen molar-refractivity contribution in [2.24, 2.45) is 0 Å². The molecule has 1 heterocycles. The maximum absolute atomic E-state index is 4.17. The van der Waals surface area contributed by atoms with Crippen LogP contribution in [0.15, 0.2) is 53.7 Å². The molecule has 0 radical (unpaired) electrons. The highest BCUT2D eigenvalue weighted by molar-refractivity contribution is 7.99. The highest BCUT2D eigenvalue weighted by Crippen LogP contribution is 2.15. The van der Waals surface area contributed by atoms with Crippen molar-refractivity contribution in [1.29, 1.82) is 0 Å². The number of aryl methyl sites for hydroxylation is 1. The van der Waals surface area contributed by atoms with Crippen molar-refractivity contribution in [3.05, 3.63) is 48.8 Å². The zero-order valence-corrected chi connectivity index (χ0v) is 11.3. The highest BCUT2D eigenvalue weighted by Gasteiger charge is 1.93. The number of thioether (sulfide) groups is 1. The third-order valence-electron chi connectivity index (χ3n) is 2.59. The monoisotopic (exact) mass is 261 g/mol. The summed E-state index contributed by atoms with van der Waals surface area (Å²) >= 11 is 1.90. The van der Waals surface area contributed by atoms with Gasteiger partial charge < -0.3 is 5.32 Å². The SMILES string of the molecule is c1ccc(SCCNCCCn2cccn2)cc1. The molecule has 0 aliphatic heterocycles. The lowest BCUT2D eigenvalue weighted by Gasteiger charge is -2.05. The summed E-state index contributed by atoms with van der Waals surface area (Å²) in [6, 6.07) is 12.5. The van der Waals surface area contributed by atoms with Crippen LogP contribution in [0.25, 0.3) is 0 Å². The molecule has 1 N–H and O–H groups in total. The molecule has 0 unspecified atom stereocenters. The summed E-state index contributed by atoms with van der Waals surface area (Å²) in [6.45, 7) is 3.10. The van der Waals surface area contributed by atoms with Crippen LogP contribution < -0.4 is 5.32 Å². The Hall–Kier alpha value is -1.26. The number of nitrogens with one attached hydrogen (secondary N) is 1. The van der Waals surface area contributed by atoms with Gasteiger partial charge in [0, 0.05) is 36.1 Å². The van der Waals surface area contributed by atoms with E-state index in [2.05, 4.69) is 40.7 Å². The van der Waals surface area contributed by atoms with Crippen LogP contribution in [0.1, 0.15) is 6.42 Å². The van der Waals surface area contributed by atoms with Crippen molar-refractivity contribution in [3.63, 3.8) is 0 Å². The molecule has 0 fully saturated rings. The molecule has 2 aromatic rings. The molecule has 0 amide bonds. The molecule has 0 atom stereocenters. The van der Waals surface area contributed by atoms with Gasteiger partial charge in [-0.3, -0.25) is 4.68 Å². The van der Waals surface area contributed by atoms with Crippen LogP contribution in [-0.4, -0.2) is 28.6 Å². The first-order chi connectivity index (χ1) is 8.95. The van der Waals surface area contributed by atoms with E-state index in [9.17, 15) is 0 Å². The van der Waals surface area contributed by atoms with Crippen molar-refractivity contribution < 1.29 is 0 Å². The van der Waals surface area contributed by atoms with Gasteiger partial charge in [-0.05, 0) is 31.2 Å². The third-order valence-corrected chi connectivity index (χ3v) is 3.60. The summed E-state index contributed by atoms with van der Waals surface area (Å²) < 4.78 is 1.97. The number of hydrogen-bond donors (Lipinski definition) is 1. The topological polar surface area (TPSA) is 29.9 Å². The summed E-state index contributed by atoms with van der Waals surface area (Å²) in [6.07, 6.45) is 4.95. The van der Waals surface area contributed by atoms with Crippen molar-refractivity contribution >= 4 is 11.8 Å². The normalized spacial score (nSPS) is 10.7. The quantitative estimate of drug-likeness (QED) is 0.585. The lowest BCUT2D eigenvalue weighted by atomic mass is 10.4. The Kier molecular flexibility index (Phi) is 5.82. The standard InChI is InChI=1S/C14H19N3S/c1-2-6-14(7-3-1)18-13-10-15-8-4-11-17-12-5-9-16-17/h1-3,5-7,9,12,15H,4,8,10-11,13H2. The van der Waals surface area contributed by atoms with Crippen LogP contribution in [0.3, 0.4) is 0 Å². The van der Waals surface area contributed by atoms with Crippen LogP contribution in [0.4, 0.5) is 0 Å². The smallest absolute Gasteiger partial charge is 0.0489 e. The van der Waals surface area contributed by atoms with Crippen molar-refractivity contribution in [2.75, 3.05) is 18.8 Å². The van der Waals surface area contributed by atoms with E-state index in [1.165, 1.54) is 4.90 Å². The van der Waals surface area contributed by atoms with E-state index in [-0.39, 0.29) is 0 Å². The lowest BCUT2D eigenvalue weighted by molar-refractivity contribution is 0.551. The fraction of sp³-hybridized carbons (Fsp3) is 0.357. The van der Waals surface area contributed by atoms with Gasteiger partial charge in [-0.25, -0.2) is 0 Å². The summed E-state index contributed by atoms with van der Waals surface area (Å²) in [5.41, 5.74) is 0. The number of rotatable bonds is 8. The Balaban J connectivity index is 1.47. The fourth-order valence-corrected chi connectivity index (χ4v) is 2.51.